The predicted octanol–water partition coefficient (Wildman–Crippen LogP) is 0.425. The summed E-state index contributed by atoms with van der Waals surface area (Å²) in [6.07, 6.45) is -1.65. The van der Waals surface area contributed by atoms with Gasteiger partial charge in [-0.1, -0.05) is 38.1 Å². The van der Waals surface area contributed by atoms with Gasteiger partial charge in [0.2, 0.25) is 11.8 Å². The smallest absolute Gasteiger partial charge is 0.245 e. The van der Waals surface area contributed by atoms with Gasteiger partial charge >= 0.3 is 0 Å². The summed E-state index contributed by atoms with van der Waals surface area (Å²) < 4.78 is 0. The summed E-state index contributed by atoms with van der Waals surface area (Å²) >= 11 is 0. The lowest BCUT2D eigenvalue weighted by atomic mass is 9.97. The van der Waals surface area contributed by atoms with Gasteiger partial charge in [0.15, 0.2) is 0 Å². The Balaban J connectivity index is 2.69. The molecule has 0 aliphatic heterocycles. The first-order chi connectivity index (χ1) is 12.3. The van der Waals surface area contributed by atoms with Gasteiger partial charge in [-0.15, -0.1) is 0 Å². The number of carbonyl (C=O) groups is 2. The minimum Gasteiger partial charge on any atom is -0.394 e. The van der Waals surface area contributed by atoms with Crippen molar-refractivity contribution in [2.24, 2.45) is 0 Å². The van der Waals surface area contributed by atoms with Gasteiger partial charge in [-0.25, -0.2) is 0 Å². The number of aliphatic hydroxyl groups excluding tert-OH is 3. The second-order valence-electron chi connectivity index (χ2n) is 6.59. The molecule has 0 aliphatic carbocycles. The summed E-state index contributed by atoms with van der Waals surface area (Å²) in [7, 11) is 0. The van der Waals surface area contributed by atoms with E-state index in [1.165, 1.54) is 12.5 Å². The molecule has 0 saturated carbocycles. The first kappa shape index (κ1) is 22.1. The topological polar surface area (TPSA) is 119 Å². The first-order valence-corrected chi connectivity index (χ1v) is 8.89. The first-order valence-electron chi connectivity index (χ1n) is 8.89. The molecule has 1 aromatic rings. The summed E-state index contributed by atoms with van der Waals surface area (Å²) in [5, 5.41) is 33.5. The van der Waals surface area contributed by atoms with Crippen molar-refractivity contribution in [2.75, 3.05) is 6.61 Å². The molecule has 0 spiro atoms. The molecule has 0 bridgehead atoms. The quantitative estimate of drug-likeness (QED) is 0.411. The fraction of sp³-hybridized carbons (Fsp3) is 0.579. The van der Waals surface area contributed by atoms with Crippen molar-refractivity contribution in [1.82, 2.24) is 10.6 Å². The second kappa shape index (κ2) is 10.9. The molecule has 0 radical (unpaired) electrons. The minimum atomic E-state index is -1.31. The molecule has 5 N–H and O–H groups in total. The molecule has 2 amide bonds. The third kappa shape index (κ3) is 7.11. The average molecular weight is 366 g/mol. The maximum Gasteiger partial charge on any atom is 0.245 e. The number of hydrogen-bond donors (Lipinski definition) is 5. The summed E-state index contributed by atoms with van der Waals surface area (Å²) in [4.78, 5) is 23.7. The molecule has 0 saturated heterocycles. The van der Waals surface area contributed by atoms with Gasteiger partial charge in [0.25, 0.3) is 0 Å². The maximum absolute atomic E-state index is 12.4. The van der Waals surface area contributed by atoms with E-state index in [1.807, 2.05) is 24.3 Å². The number of benzene rings is 1. The highest BCUT2D eigenvalue weighted by Crippen LogP contribution is 2.18. The van der Waals surface area contributed by atoms with Crippen LogP contribution in [0.1, 0.15) is 50.7 Å². The molecular formula is C19H30N2O5. The summed E-state index contributed by atoms with van der Waals surface area (Å²) in [5.74, 6) is -0.555. The normalized spacial score (nSPS) is 15.6. The van der Waals surface area contributed by atoms with E-state index in [4.69, 9.17) is 5.11 Å². The number of hydrogen-bond acceptors (Lipinski definition) is 5. The lowest BCUT2D eigenvalue weighted by Crippen LogP contribution is -2.53. The molecule has 146 valence electrons. The fourth-order valence-corrected chi connectivity index (χ4v) is 2.54. The van der Waals surface area contributed by atoms with Crippen LogP contribution in [0.4, 0.5) is 0 Å². The SMILES string of the molecule is CCC(C)c1ccc(CNC(=O)C(NC(C)=O)C(O)CC(O)CO)cc1. The third-order valence-electron chi connectivity index (χ3n) is 4.38. The predicted molar refractivity (Wildman–Crippen MR) is 98.3 cm³/mol. The van der Waals surface area contributed by atoms with Crippen LogP contribution < -0.4 is 10.6 Å². The number of aliphatic hydroxyl groups is 3. The number of carbonyl (C=O) groups excluding carboxylic acids is 2. The van der Waals surface area contributed by atoms with E-state index < -0.39 is 36.7 Å². The summed E-state index contributed by atoms with van der Waals surface area (Å²) in [6.45, 7) is 5.24. The van der Waals surface area contributed by atoms with Gasteiger partial charge in [0.05, 0.1) is 18.8 Å². The summed E-state index contributed by atoms with van der Waals surface area (Å²) in [6, 6.07) is 6.70. The minimum absolute atomic E-state index is 0.224. The van der Waals surface area contributed by atoms with Crippen molar-refractivity contribution in [2.45, 2.75) is 64.3 Å². The van der Waals surface area contributed by atoms with Crippen LogP contribution in [-0.2, 0) is 16.1 Å². The van der Waals surface area contributed by atoms with Crippen molar-refractivity contribution in [3.05, 3.63) is 35.4 Å². The molecule has 7 heteroatoms. The Labute approximate surface area is 154 Å². The van der Waals surface area contributed by atoms with Crippen LogP contribution in [0.15, 0.2) is 24.3 Å². The van der Waals surface area contributed by atoms with Gasteiger partial charge in [-0.2, -0.15) is 0 Å². The van der Waals surface area contributed by atoms with E-state index >= 15 is 0 Å². The molecule has 0 aliphatic rings. The van der Waals surface area contributed by atoms with Crippen LogP contribution in [0, 0.1) is 0 Å². The second-order valence-corrected chi connectivity index (χ2v) is 6.59. The van der Waals surface area contributed by atoms with E-state index in [-0.39, 0.29) is 13.0 Å². The van der Waals surface area contributed by atoms with E-state index in [0.29, 0.717) is 5.92 Å². The van der Waals surface area contributed by atoms with Crippen molar-refractivity contribution >= 4 is 11.8 Å². The van der Waals surface area contributed by atoms with E-state index in [9.17, 15) is 19.8 Å². The Morgan fingerprint density at radius 1 is 1.15 bits per heavy atom. The molecule has 0 heterocycles. The van der Waals surface area contributed by atoms with E-state index in [2.05, 4.69) is 24.5 Å². The van der Waals surface area contributed by atoms with Crippen molar-refractivity contribution in [3.8, 4) is 0 Å². The Hall–Kier alpha value is -1.96. The van der Waals surface area contributed by atoms with Gasteiger partial charge in [0, 0.05) is 19.9 Å². The molecule has 4 atom stereocenters. The molecule has 4 unspecified atom stereocenters. The van der Waals surface area contributed by atoms with Crippen LogP contribution in [0.2, 0.25) is 0 Å². The molecule has 26 heavy (non-hydrogen) atoms. The van der Waals surface area contributed by atoms with Gasteiger partial charge < -0.3 is 26.0 Å². The zero-order valence-corrected chi connectivity index (χ0v) is 15.6. The fourth-order valence-electron chi connectivity index (χ4n) is 2.54. The van der Waals surface area contributed by atoms with Crippen molar-refractivity contribution < 1.29 is 24.9 Å². The number of amides is 2. The van der Waals surface area contributed by atoms with Gasteiger partial charge in [-0.05, 0) is 23.5 Å². The maximum atomic E-state index is 12.4. The zero-order chi connectivity index (χ0) is 19.7. The monoisotopic (exact) mass is 366 g/mol. The van der Waals surface area contributed by atoms with E-state index in [0.717, 1.165) is 12.0 Å². The Bertz CT molecular complexity index is 576. The highest BCUT2D eigenvalue weighted by atomic mass is 16.3. The summed E-state index contributed by atoms with van der Waals surface area (Å²) in [5.41, 5.74) is 2.13. The molecular weight excluding hydrogens is 336 g/mol. The van der Waals surface area contributed by atoms with E-state index in [1.54, 1.807) is 0 Å². The van der Waals surface area contributed by atoms with Crippen LogP contribution in [0.25, 0.3) is 0 Å². The van der Waals surface area contributed by atoms with Crippen LogP contribution in [0.3, 0.4) is 0 Å². The largest absolute Gasteiger partial charge is 0.394 e. The highest BCUT2D eigenvalue weighted by Gasteiger charge is 2.29. The third-order valence-corrected chi connectivity index (χ3v) is 4.38. The van der Waals surface area contributed by atoms with Gasteiger partial charge in [0.1, 0.15) is 6.04 Å². The van der Waals surface area contributed by atoms with Crippen LogP contribution in [0.5, 0.6) is 0 Å². The number of nitrogens with one attached hydrogen (secondary N) is 2. The molecule has 1 aromatic carbocycles. The number of rotatable bonds is 10. The van der Waals surface area contributed by atoms with Crippen LogP contribution >= 0.6 is 0 Å². The van der Waals surface area contributed by atoms with Gasteiger partial charge in [-0.3, -0.25) is 9.59 Å². The van der Waals surface area contributed by atoms with Crippen molar-refractivity contribution in [3.63, 3.8) is 0 Å². The Morgan fingerprint density at radius 2 is 1.77 bits per heavy atom. The molecule has 0 aromatic heterocycles. The average Bonchev–Trinajstić information content (AvgIpc) is 2.63. The molecule has 0 fully saturated rings. The zero-order valence-electron chi connectivity index (χ0n) is 15.6. The Morgan fingerprint density at radius 3 is 2.27 bits per heavy atom. The Kier molecular flexibility index (Phi) is 9.26. The standard InChI is InChI=1S/C19H30N2O5/c1-4-12(2)15-7-5-14(6-8-15)10-20-19(26)18(21-13(3)23)17(25)9-16(24)11-22/h5-8,12,16-18,22,24-25H,4,9-11H2,1-3H3,(H,20,26)(H,21,23). The molecule has 7 nitrogen and oxygen atoms in total. The molecule has 1 rings (SSSR count). The van der Waals surface area contributed by atoms with Crippen molar-refractivity contribution in [1.29, 1.82) is 0 Å². The van der Waals surface area contributed by atoms with Crippen LogP contribution in [-0.4, -0.2) is 52.0 Å². The highest BCUT2D eigenvalue weighted by molar-refractivity contribution is 5.87. The lowest BCUT2D eigenvalue weighted by Gasteiger charge is -2.24. The lowest BCUT2D eigenvalue weighted by molar-refractivity contribution is -0.131.